The van der Waals surface area contributed by atoms with Crippen molar-refractivity contribution in [3.05, 3.63) is 42.5 Å². The molecule has 2 fully saturated rings. The number of nitrogens with zero attached hydrogens (tertiary/aromatic N) is 2. The maximum Gasteiger partial charge on any atom is 0.247 e. The van der Waals surface area contributed by atoms with Gasteiger partial charge in [0.15, 0.2) is 0 Å². The number of anilines is 1. The number of nitrogens with one attached hydrogen (secondary N) is 1. The Morgan fingerprint density at radius 1 is 1.18 bits per heavy atom. The van der Waals surface area contributed by atoms with E-state index in [9.17, 15) is 18.0 Å². The number of carbonyl (C=O) groups excluding carboxylic acids is 2. The van der Waals surface area contributed by atoms with Gasteiger partial charge in [0.1, 0.15) is 6.04 Å². The van der Waals surface area contributed by atoms with Gasteiger partial charge in [0.05, 0.1) is 5.75 Å². The van der Waals surface area contributed by atoms with E-state index in [4.69, 9.17) is 0 Å². The molecule has 7 nitrogen and oxygen atoms in total. The average Bonchev–Trinajstić information content (AvgIpc) is 3.33. The summed E-state index contributed by atoms with van der Waals surface area (Å²) in [5, 5.41) is 2.83. The van der Waals surface area contributed by atoms with Crippen LogP contribution in [0.5, 0.6) is 0 Å². The number of hydrogen-bond donors (Lipinski definition) is 1. The second-order valence-electron chi connectivity index (χ2n) is 7.44. The quantitative estimate of drug-likeness (QED) is 0.735. The number of rotatable bonds is 6. The first-order valence-corrected chi connectivity index (χ1v) is 11.2. The molecule has 0 bridgehead atoms. The first kappa shape index (κ1) is 20.5. The fourth-order valence-electron chi connectivity index (χ4n) is 3.90. The molecule has 28 heavy (non-hydrogen) atoms. The van der Waals surface area contributed by atoms with Crippen molar-refractivity contribution in [1.29, 1.82) is 0 Å². The molecule has 152 valence electrons. The van der Waals surface area contributed by atoms with Gasteiger partial charge in [-0.25, -0.2) is 12.7 Å². The summed E-state index contributed by atoms with van der Waals surface area (Å²) >= 11 is 0. The van der Waals surface area contributed by atoms with Gasteiger partial charge in [-0.2, -0.15) is 0 Å². The molecule has 0 unspecified atom stereocenters. The molecule has 1 N–H and O–H groups in total. The van der Waals surface area contributed by atoms with Crippen LogP contribution in [0.2, 0.25) is 0 Å². The van der Waals surface area contributed by atoms with Gasteiger partial charge in [-0.3, -0.25) is 9.59 Å². The Balaban J connectivity index is 1.63. The highest BCUT2D eigenvalue weighted by molar-refractivity contribution is 7.88. The zero-order chi connectivity index (χ0) is 20.3. The van der Waals surface area contributed by atoms with E-state index in [-0.39, 0.29) is 23.6 Å². The van der Waals surface area contributed by atoms with Crippen LogP contribution < -0.4 is 5.32 Å². The molecule has 2 aliphatic heterocycles. The van der Waals surface area contributed by atoms with E-state index in [1.807, 2.05) is 6.92 Å². The summed E-state index contributed by atoms with van der Waals surface area (Å²) < 4.78 is 26.4. The standard InChI is InChI=1S/C20H27N3O4S/c1-3-19(24)23-15(2)6-11-18(23)20(25)21-17-9-7-16(8-10-17)14-28(26,27)22-12-4-5-13-22/h3,7-10,15,18H,1,4-6,11-14H2,2H3,(H,21,25)/t15-,18-/m0/s1. The summed E-state index contributed by atoms with van der Waals surface area (Å²) in [6.07, 6.45) is 4.44. The van der Waals surface area contributed by atoms with Crippen LogP contribution in [-0.4, -0.2) is 54.6 Å². The van der Waals surface area contributed by atoms with Gasteiger partial charge in [0.25, 0.3) is 0 Å². The summed E-state index contributed by atoms with van der Waals surface area (Å²) in [4.78, 5) is 26.3. The molecule has 2 heterocycles. The van der Waals surface area contributed by atoms with Crippen LogP contribution in [-0.2, 0) is 25.4 Å². The minimum atomic E-state index is -3.30. The molecule has 2 aliphatic rings. The van der Waals surface area contributed by atoms with E-state index in [0.29, 0.717) is 30.8 Å². The van der Waals surface area contributed by atoms with Crippen molar-refractivity contribution in [2.24, 2.45) is 0 Å². The topological polar surface area (TPSA) is 86.8 Å². The van der Waals surface area contributed by atoms with Gasteiger partial charge < -0.3 is 10.2 Å². The zero-order valence-electron chi connectivity index (χ0n) is 16.1. The molecule has 0 radical (unpaired) electrons. The predicted molar refractivity (Wildman–Crippen MR) is 108 cm³/mol. The highest BCUT2D eigenvalue weighted by atomic mass is 32.2. The monoisotopic (exact) mass is 405 g/mol. The lowest BCUT2D eigenvalue weighted by molar-refractivity contribution is -0.134. The molecular formula is C20H27N3O4S. The van der Waals surface area contributed by atoms with Gasteiger partial charge in [-0.05, 0) is 56.4 Å². The molecule has 3 rings (SSSR count). The van der Waals surface area contributed by atoms with Crippen LogP contribution in [0.4, 0.5) is 5.69 Å². The summed E-state index contributed by atoms with van der Waals surface area (Å²) in [7, 11) is -3.30. The van der Waals surface area contributed by atoms with Crippen LogP contribution in [0, 0.1) is 0 Å². The minimum absolute atomic E-state index is 0.000537. The van der Waals surface area contributed by atoms with Gasteiger partial charge >= 0.3 is 0 Å². The fourth-order valence-corrected chi connectivity index (χ4v) is 5.51. The van der Waals surface area contributed by atoms with Crippen molar-refractivity contribution in [2.45, 2.75) is 50.4 Å². The summed E-state index contributed by atoms with van der Waals surface area (Å²) in [6.45, 7) is 6.62. The molecule has 2 saturated heterocycles. The normalized spacial score (nSPS) is 23.0. The third-order valence-electron chi connectivity index (χ3n) is 5.43. The first-order chi connectivity index (χ1) is 13.3. The Hall–Kier alpha value is -2.19. The van der Waals surface area contributed by atoms with E-state index in [0.717, 1.165) is 19.3 Å². The molecule has 0 saturated carbocycles. The molecule has 0 spiro atoms. The maximum atomic E-state index is 12.6. The Labute approximate surface area is 166 Å². The van der Waals surface area contributed by atoms with E-state index >= 15 is 0 Å². The maximum absolute atomic E-state index is 12.6. The number of amides is 2. The number of hydrogen-bond acceptors (Lipinski definition) is 4. The van der Waals surface area contributed by atoms with Crippen molar-refractivity contribution in [1.82, 2.24) is 9.21 Å². The largest absolute Gasteiger partial charge is 0.324 e. The van der Waals surface area contributed by atoms with Gasteiger partial charge in [0.2, 0.25) is 21.8 Å². The van der Waals surface area contributed by atoms with E-state index in [2.05, 4.69) is 11.9 Å². The van der Waals surface area contributed by atoms with Crippen molar-refractivity contribution < 1.29 is 18.0 Å². The molecular weight excluding hydrogens is 378 g/mol. The molecule has 2 atom stereocenters. The van der Waals surface area contributed by atoms with Crippen LogP contribution in [0.25, 0.3) is 0 Å². The second-order valence-corrected chi connectivity index (χ2v) is 9.41. The summed E-state index contributed by atoms with van der Waals surface area (Å²) in [6, 6.07) is 6.31. The molecule has 1 aromatic rings. The summed E-state index contributed by atoms with van der Waals surface area (Å²) in [5.41, 5.74) is 1.26. The number of benzene rings is 1. The Morgan fingerprint density at radius 3 is 2.43 bits per heavy atom. The molecule has 0 aliphatic carbocycles. The van der Waals surface area contributed by atoms with Crippen molar-refractivity contribution in [3.63, 3.8) is 0 Å². The van der Waals surface area contributed by atoms with Crippen LogP contribution in [0.3, 0.4) is 0 Å². The van der Waals surface area contributed by atoms with E-state index < -0.39 is 16.1 Å². The Morgan fingerprint density at radius 2 is 1.82 bits per heavy atom. The molecule has 1 aromatic carbocycles. The Bertz CT molecular complexity index is 845. The smallest absolute Gasteiger partial charge is 0.247 e. The predicted octanol–water partition coefficient (Wildman–Crippen LogP) is 2.12. The van der Waals surface area contributed by atoms with Crippen molar-refractivity contribution in [2.75, 3.05) is 18.4 Å². The number of likely N-dealkylation sites (tertiary alicyclic amines) is 1. The second kappa shape index (κ2) is 8.45. The molecule has 2 amide bonds. The minimum Gasteiger partial charge on any atom is -0.324 e. The third kappa shape index (κ3) is 4.44. The lowest BCUT2D eigenvalue weighted by Crippen LogP contribution is -2.45. The van der Waals surface area contributed by atoms with Gasteiger partial charge in [-0.1, -0.05) is 18.7 Å². The average molecular weight is 406 g/mol. The van der Waals surface area contributed by atoms with E-state index in [1.54, 1.807) is 29.2 Å². The van der Waals surface area contributed by atoms with Crippen LogP contribution in [0.15, 0.2) is 36.9 Å². The van der Waals surface area contributed by atoms with Crippen molar-refractivity contribution >= 4 is 27.5 Å². The fraction of sp³-hybridized carbons (Fsp3) is 0.500. The van der Waals surface area contributed by atoms with Gasteiger partial charge in [-0.15, -0.1) is 0 Å². The highest BCUT2D eigenvalue weighted by Crippen LogP contribution is 2.26. The van der Waals surface area contributed by atoms with Crippen molar-refractivity contribution in [3.8, 4) is 0 Å². The first-order valence-electron chi connectivity index (χ1n) is 9.64. The van der Waals surface area contributed by atoms with Crippen LogP contribution >= 0.6 is 0 Å². The highest BCUT2D eigenvalue weighted by Gasteiger charge is 2.37. The lowest BCUT2D eigenvalue weighted by atomic mass is 10.2. The number of sulfonamides is 1. The van der Waals surface area contributed by atoms with Crippen LogP contribution in [0.1, 0.15) is 38.2 Å². The molecule has 8 heteroatoms. The lowest BCUT2D eigenvalue weighted by Gasteiger charge is -2.26. The number of carbonyl (C=O) groups is 2. The Kier molecular flexibility index (Phi) is 6.20. The van der Waals surface area contributed by atoms with E-state index in [1.165, 1.54) is 10.4 Å². The van der Waals surface area contributed by atoms with Gasteiger partial charge in [0, 0.05) is 24.8 Å². The third-order valence-corrected chi connectivity index (χ3v) is 7.28. The SMILES string of the molecule is C=CC(=O)N1[C@@H](C)CC[C@H]1C(=O)Nc1ccc(CS(=O)(=O)N2CCCC2)cc1. The summed E-state index contributed by atoms with van der Waals surface area (Å²) in [5.74, 6) is -0.521. The zero-order valence-corrected chi connectivity index (χ0v) is 17.0. The molecule has 0 aromatic heterocycles.